The maximum Gasteiger partial charge on any atom is 0.119 e. The van der Waals surface area contributed by atoms with E-state index in [1.807, 2.05) is 0 Å². The van der Waals surface area contributed by atoms with Gasteiger partial charge in [0, 0.05) is 13.2 Å². The van der Waals surface area contributed by atoms with Gasteiger partial charge in [-0.1, -0.05) is 132 Å². The molecule has 1 unspecified atom stereocenters. The highest BCUT2D eigenvalue weighted by atomic mass is 16.5. The van der Waals surface area contributed by atoms with Gasteiger partial charge in [0.2, 0.25) is 0 Å². The fourth-order valence-electron chi connectivity index (χ4n) is 4.72. The van der Waals surface area contributed by atoms with Crippen molar-refractivity contribution >= 4 is 11.1 Å². The topological polar surface area (TPSA) is 36.9 Å². The summed E-state index contributed by atoms with van der Waals surface area (Å²) in [5.74, 6) is 0.845. The van der Waals surface area contributed by atoms with Crippen molar-refractivity contribution in [2.75, 3.05) is 39.6 Å². The third-order valence-corrected chi connectivity index (χ3v) is 7.12. The maximum atomic E-state index is 6.06. The van der Waals surface area contributed by atoms with Crippen LogP contribution in [0.5, 0.6) is 5.75 Å². The molecule has 0 bridgehead atoms. The summed E-state index contributed by atoms with van der Waals surface area (Å²) in [6.07, 6.45) is 12.3. The maximum absolute atomic E-state index is 6.06. The Hall–Kier alpha value is -3.44. The highest BCUT2D eigenvalue weighted by Crippen LogP contribution is 2.39. The van der Waals surface area contributed by atoms with Crippen LogP contribution in [-0.2, 0) is 14.2 Å². The normalized spacial score (nSPS) is 14.7. The molecule has 44 heavy (non-hydrogen) atoms. The van der Waals surface area contributed by atoms with E-state index in [0.29, 0.717) is 26.4 Å². The van der Waals surface area contributed by atoms with Gasteiger partial charge >= 0.3 is 0 Å². The first-order valence-corrected chi connectivity index (χ1v) is 16.5. The molecule has 1 aliphatic carbocycles. The van der Waals surface area contributed by atoms with Crippen LogP contribution in [0.25, 0.3) is 11.1 Å². The number of benzene rings is 3. The van der Waals surface area contributed by atoms with Crippen LogP contribution in [0, 0.1) is 0 Å². The fourth-order valence-corrected chi connectivity index (χ4v) is 4.72. The Morgan fingerprint density at radius 3 is 1.64 bits per heavy atom. The lowest BCUT2D eigenvalue weighted by Gasteiger charge is -2.22. The van der Waals surface area contributed by atoms with Crippen LogP contribution in [0.4, 0.5) is 0 Å². The van der Waals surface area contributed by atoms with Gasteiger partial charge in [0.1, 0.15) is 12.4 Å². The second kappa shape index (κ2) is 21.3. The Bertz CT molecular complexity index is 1260. The SMILES string of the molecule is CCCC.CCCOCCOc1ccc(/C(=C(/C2=CCC(OCCOCCC)C=C2)c2ccccc2)c2ccccc2)cc1. The van der Waals surface area contributed by atoms with Crippen molar-refractivity contribution in [3.8, 4) is 5.75 Å². The zero-order valence-corrected chi connectivity index (χ0v) is 27.3. The second-order valence-electron chi connectivity index (χ2n) is 10.7. The van der Waals surface area contributed by atoms with Crippen LogP contribution in [0.3, 0.4) is 0 Å². The van der Waals surface area contributed by atoms with E-state index in [0.717, 1.165) is 43.8 Å². The quantitative estimate of drug-likeness (QED) is 0.115. The molecule has 0 aromatic heterocycles. The minimum absolute atomic E-state index is 0.0592. The van der Waals surface area contributed by atoms with E-state index in [2.05, 4.69) is 131 Å². The van der Waals surface area contributed by atoms with Crippen LogP contribution in [0.1, 0.15) is 76.5 Å². The number of ether oxygens (including phenoxy) is 4. The van der Waals surface area contributed by atoms with E-state index in [1.165, 1.54) is 40.7 Å². The first-order valence-electron chi connectivity index (χ1n) is 16.5. The Morgan fingerprint density at radius 1 is 0.568 bits per heavy atom. The van der Waals surface area contributed by atoms with E-state index in [1.54, 1.807) is 0 Å². The van der Waals surface area contributed by atoms with Gasteiger partial charge in [-0.3, -0.25) is 0 Å². The standard InChI is InChI=1S/C36H42O4.C4H10/c1-3-23-37-25-27-39-33-19-15-31(16-20-33)35(29-11-7-5-8-12-29)36(30-13-9-6-10-14-30)32-17-21-34(22-18-32)40-28-26-38-24-4-2;1-3-4-2/h5-21,34H,3-4,22-28H2,1-2H3;3-4H2,1-2H3/b36-35+;. The summed E-state index contributed by atoms with van der Waals surface area (Å²) in [5, 5.41) is 0. The molecule has 4 nitrogen and oxygen atoms in total. The molecule has 236 valence electrons. The van der Waals surface area contributed by atoms with Gasteiger partial charge < -0.3 is 18.9 Å². The lowest BCUT2D eigenvalue weighted by molar-refractivity contribution is 0.0241. The first-order chi connectivity index (χ1) is 21.7. The predicted molar refractivity (Wildman–Crippen MR) is 185 cm³/mol. The molecule has 0 N–H and O–H groups in total. The van der Waals surface area contributed by atoms with Gasteiger partial charge in [0.05, 0.1) is 25.9 Å². The van der Waals surface area contributed by atoms with Gasteiger partial charge in [-0.2, -0.15) is 0 Å². The van der Waals surface area contributed by atoms with Crippen molar-refractivity contribution in [3.05, 3.63) is 125 Å². The van der Waals surface area contributed by atoms with Crippen molar-refractivity contribution in [3.63, 3.8) is 0 Å². The molecule has 0 amide bonds. The molecule has 4 heteroatoms. The largest absolute Gasteiger partial charge is 0.491 e. The minimum atomic E-state index is 0.0592. The summed E-state index contributed by atoms with van der Waals surface area (Å²) >= 11 is 0. The summed E-state index contributed by atoms with van der Waals surface area (Å²) in [5.41, 5.74) is 7.07. The third kappa shape index (κ3) is 11.9. The Labute approximate surface area is 266 Å². The van der Waals surface area contributed by atoms with E-state index in [-0.39, 0.29) is 6.10 Å². The van der Waals surface area contributed by atoms with Gasteiger partial charge in [0.25, 0.3) is 0 Å². The summed E-state index contributed by atoms with van der Waals surface area (Å²) < 4.78 is 23.1. The molecule has 3 aromatic rings. The second-order valence-corrected chi connectivity index (χ2v) is 10.7. The Balaban J connectivity index is 0.00000124. The first kappa shape index (κ1) is 35.0. The number of hydrogen-bond donors (Lipinski definition) is 0. The number of unbranched alkanes of at least 4 members (excludes halogenated alkanes) is 1. The Kier molecular flexibility index (Phi) is 17.0. The zero-order chi connectivity index (χ0) is 31.2. The molecule has 4 rings (SSSR count). The van der Waals surface area contributed by atoms with E-state index >= 15 is 0 Å². The summed E-state index contributed by atoms with van der Waals surface area (Å²) in [6.45, 7) is 12.5. The lowest BCUT2D eigenvalue weighted by atomic mass is 9.84. The zero-order valence-electron chi connectivity index (χ0n) is 27.3. The van der Waals surface area contributed by atoms with E-state index in [4.69, 9.17) is 18.9 Å². The van der Waals surface area contributed by atoms with Crippen LogP contribution >= 0.6 is 0 Å². The molecule has 0 spiro atoms. The molecule has 0 heterocycles. The van der Waals surface area contributed by atoms with Crippen LogP contribution < -0.4 is 4.74 Å². The molecule has 3 aromatic carbocycles. The summed E-state index contributed by atoms with van der Waals surface area (Å²) in [7, 11) is 0. The number of hydrogen-bond acceptors (Lipinski definition) is 4. The van der Waals surface area contributed by atoms with Crippen molar-refractivity contribution < 1.29 is 18.9 Å². The summed E-state index contributed by atoms with van der Waals surface area (Å²) in [4.78, 5) is 0. The predicted octanol–water partition coefficient (Wildman–Crippen LogP) is 9.96. The molecular formula is C40H52O4. The number of allylic oxidation sites excluding steroid dienone is 3. The van der Waals surface area contributed by atoms with Crippen molar-refractivity contribution in [2.24, 2.45) is 0 Å². The van der Waals surface area contributed by atoms with E-state index in [9.17, 15) is 0 Å². The van der Waals surface area contributed by atoms with Gasteiger partial charge in [-0.15, -0.1) is 0 Å². The molecular weight excluding hydrogens is 544 g/mol. The highest BCUT2D eigenvalue weighted by molar-refractivity contribution is 6.05. The van der Waals surface area contributed by atoms with Crippen molar-refractivity contribution in [1.29, 1.82) is 0 Å². The van der Waals surface area contributed by atoms with Crippen molar-refractivity contribution in [2.45, 2.75) is 65.9 Å². The average Bonchev–Trinajstić information content (AvgIpc) is 3.08. The molecule has 0 fully saturated rings. The molecule has 0 saturated carbocycles. The molecule has 1 atom stereocenters. The molecule has 0 saturated heterocycles. The highest BCUT2D eigenvalue weighted by Gasteiger charge is 2.19. The average molecular weight is 597 g/mol. The monoisotopic (exact) mass is 596 g/mol. The molecule has 0 radical (unpaired) electrons. The van der Waals surface area contributed by atoms with E-state index < -0.39 is 0 Å². The lowest BCUT2D eigenvalue weighted by Crippen LogP contribution is -2.16. The van der Waals surface area contributed by atoms with Gasteiger partial charge in [0.15, 0.2) is 0 Å². The fraction of sp³-hybridized carbons (Fsp3) is 0.400. The smallest absolute Gasteiger partial charge is 0.119 e. The van der Waals surface area contributed by atoms with Gasteiger partial charge in [-0.25, -0.2) is 0 Å². The van der Waals surface area contributed by atoms with Crippen molar-refractivity contribution in [1.82, 2.24) is 0 Å². The Morgan fingerprint density at radius 2 is 1.11 bits per heavy atom. The molecule has 1 aliphatic rings. The minimum Gasteiger partial charge on any atom is -0.491 e. The van der Waals surface area contributed by atoms with Crippen LogP contribution in [-0.4, -0.2) is 45.7 Å². The molecule has 0 aliphatic heterocycles. The third-order valence-electron chi connectivity index (χ3n) is 7.12. The number of rotatable bonds is 17. The van der Waals surface area contributed by atoms with Gasteiger partial charge in [-0.05, 0) is 64.8 Å². The summed E-state index contributed by atoms with van der Waals surface area (Å²) in [6, 6.07) is 29.7. The van der Waals surface area contributed by atoms with Crippen LogP contribution in [0.15, 0.2) is 109 Å². The van der Waals surface area contributed by atoms with Crippen LogP contribution in [0.2, 0.25) is 0 Å².